The molecule has 0 amide bonds. The third-order valence-electron chi connectivity index (χ3n) is 1.69. The Morgan fingerprint density at radius 2 is 2.17 bits per heavy atom. The highest BCUT2D eigenvalue weighted by atomic mass is 16.1. The Bertz CT molecular complexity index is 307. The van der Waals surface area contributed by atoms with Gasteiger partial charge in [0.1, 0.15) is 11.5 Å². The molecule has 0 atom stereocenters. The number of hydrogen-bond donors (Lipinski definition) is 1. The number of pyridine rings is 1. The highest BCUT2D eigenvalue weighted by molar-refractivity contribution is 5.92. The van der Waals surface area contributed by atoms with Gasteiger partial charge in [0.25, 0.3) is 0 Å². The molecule has 0 fully saturated rings. The van der Waals surface area contributed by atoms with Gasteiger partial charge < -0.3 is 5.32 Å². The molecule has 0 aliphatic rings. The predicted molar refractivity (Wildman–Crippen MR) is 48.5 cm³/mol. The van der Waals surface area contributed by atoms with E-state index in [-0.39, 0.29) is 5.78 Å². The van der Waals surface area contributed by atoms with Gasteiger partial charge in [-0.3, -0.25) is 4.79 Å². The molecule has 0 radical (unpaired) electrons. The van der Waals surface area contributed by atoms with Crippen LogP contribution >= 0.6 is 0 Å². The molecule has 0 bridgehead atoms. The fourth-order valence-electron chi connectivity index (χ4n) is 0.978. The number of aryl methyl sites for hydroxylation is 1. The minimum Gasteiger partial charge on any atom is -0.373 e. The van der Waals surface area contributed by atoms with Crippen LogP contribution in [0.3, 0.4) is 0 Å². The number of ketones is 1. The zero-order valence-corrected chi connectivity index (χ0v) is 7.51. The number of carbonyl (C=O) groups excluding carboxylic acids is 1. The minimum atomic E-state index is -0.00787. The number of hydrogen-bond acceptors (Lipinski definition) is 3. The Morgan fingerprint density at radius 3 is 2.67 bits per heavy atom. The van der Waals surface area contributed by atoms with Crippen LogP contribution in [-0.2, 0) is 0 Å². The average molecular weight is 164 g/mol. The Labute approximate surface area is 71.8 Å². The summed E-state index contributed by atoms with van der Waals surface area (Å²) in [5.74, 6) is 0.759. The number of carbonyl (C=O) groups is 1. The second-order valence-electron chi connectivity index (χ2n) is 2.67. The smallest absolute Gasteiger partial charge is 0.178 e. The van der Waals surface area contributed by atoms with E-state index in [0.29, 0.717) is 5.69 Å². The molecule has 0 spiro atoms. The monoisotopic (exact) mass is 164 g/mol. The van der Waals surface area contributed by atoms with Gasteiger partial charge in [-0.2, -0.15) is 0 Å². The second kappa shape index (κ2) is 3.34. The summed E-state index contributed by atoms with van der Waals surface area (Å²) in [6.07, 6.45) is 0. The Hall–Kier alpha value is -1.38. The van der Waals surface area contributed by atoms with E-state index < -0.39 is 0 Å². The lowest BCUT2D eigenvalue weighted by molar-refractivity contribution is 0.101. The van der Waals surface area contributed by atoms with Crippen LogP contribution in [0, 0.1) is 6.92 Å². The maximum absolute atomic E-state index is 10.9. The molecular formula is C9H12N2O. The van der Waals surface area contributed by atoms with Gasteiger partial charge in [0, 0.05) is 14.0 Å². The fraction of sp³-hybridized carbons (Fsp3) is 0.333. The first kappa shape index (κ1) is 8.71. The van der Waals surface area contributed by atoms with Crippen LogP contribution in [-0.4, -0.2) is 17.8 Å². The molecule has 0 unspecified atom stereocenters. The topological polar surface area (TPSA) is 42.0 Å². The van der Waals surface area contributed by atoms with E-state index in [1.807, 2.05) is 13.0 Å². The summed E-state index contributed by atoms with van der Waals surface area (Å²) in [6.45, 7) is 3.46. The van der Waals surface area contributed by atoms with Crippen LogP contribution < -0.4 is 5.32 Å². The Balaban J connectivity index is 3.13. The maximum atomic E-state index is 10.9. The predicted octanol–water partition coefficient (Wildman–Crippen LogP) is 1.63. The molecular weight excluding hydrogens is 152 g/mol. The molecule has 1 heterocycles. The first-order valence-electron chi connectivity index (χ1n) is 3.81. The summed E-state index contributed by atoms with van der Waals surface area (Å²) in [4.78, 5) is 15.1. The molecule has 1 N–H and O–H groups in total. The van der Waals surface area contributed by atoms with Crippen molar-refractivity contribution in [2.24, 2.45) is 0 Å². The number of anilines is 1. The summed E-state index contributed by atoms with van der Waals surface area (Å²) >= 11 is 0. The summed E-state index contributed by atoms with van der Waals surface area (Å²) < 4.78 is 0. The van der Waals surface area contributed by atoms with Crippen LogP contribution in [0.25, 0.3) is 0 Å². The molecule has 0 aliphatic carbocycles. The highest BCUT2D eigenvalue weighted by Crippen LogP contribution is 2.11. The molecule has 0 saturated carbocycles. The summed E-state index contributed by atoms with van der Waals surface area (Å²) in [6, 6.07) is 3.62. The normalized spacial score (nSPS) is 9.58. The van der Waals surface area contributed by atoms with Gasteiger partial charge >= 0.3 is 0 Å². The van der Waals surface area contributed by atoms with Crippen LogP contribution in [0.2, 0.25) is 0 Å². The molecule has 12 heavy (non-hydrogen) atoms. The van der Waals surface area contributed by atoms with Crippen LogP contribution in [0.4, 0.5) is 5.82 Å². The lowest BCUT2D eigenvalue weighted by Crippen LogP contribution is -2.02. The van der Waals surface area contributed by atoms with Crippen LogP contribution in [0.5, 0.6) is 0 Å². The van der Waals surface area contributed by atoms with E-state index >= 15 is 0 Å². The summed E-state index contributed by atoms with van der Waals surface area (Å²) in [5, 5.41) is 2.93. The Morgan fingerprint density at radius 1 is 1.50 bits per heavy atom. The third kappa shape index (κ3) is 1.61. The largest absolute Gasteiger partial charge is 0.373 e. The summed E-state index contributed by atoms with van der Waals surface area (Å²) in [7, 11) is 1.79. The zero-order valence-electron chi connectivity index (χ0n) is 7.51. The van der Waals surface area contributed by atoms with Crippen molar-refractivity contribution < 1.29 is 4.79 Å². The molecule has 0 aliphatic heterocycles. The zero-order chi connectivity index (χ0) is 9.14. The van der Waals surface area contributed by atoms with E-state index in [0.717, 1.165) is 11.4 Å². The molecule has 3 heteroatoms. The van der Waals surface area contributed by atoms with Crippen molar-refractivity contribution in [1.82, 2.24) is 4.98 Å². The molecule has 0 saturated heterocycles. The van der Waals surface area contributed by atoms with Crippen molar-refractivity contribution in [2.75, 3.05) is 12.4 Å². The van der Waals surface area contributed by atoms with E-state index in [2.05, 4.69) is 10.3 Å². The summed E-state index contributed by atoms with van der Waals surface area (Å²) in [5.41, 5.74) is 1.55. The number of aromatic nitrogens is 1. The van der Waals surface area contributed by atoms with E-state index in [9.17, 15) is 4.79 Å². The van der Waals surface area contributed by atoms with Gasteiger partial charge in [-0.05, 0) is 18.6 Å². The lowest BCUT2D eigenvalue weighted by Gasteiger charge is -2.04. The van der Waals surface area contributed by atoms with Crippen molar-refractivity contribution in [3.63, 3.8) is 0 Å². The number of rotatable bonds is 2. The fourth-order valence-corrected chi connectivity index (χ4v) is 0.978. The average Bonchev–Trinajstić information content (AvgIpc) is 2.05. The second-order valence-corrected chi connectivity index (χ2v) is 2.67. The maximum Gasteiger partial charge on any atom is 0.178 e. The van der Waals surface area contributed by atoms with E-state index in [1.165, 1.54) is 6.92 Å². The molecule has 1 aromatic rings. The third-order valence-corrected chi connectivity index (χ3v) is 1.69. The van der Waals surface area contributed by atoms with E-state index in [1.54, 1.807) is 13.1 Å². The SMILES string of the molecule is CNc1nc(C(C)=O)ccc1C. The number of nitrogens with one attached hydrogen (secondary N) is 1. The molecule has 64 valence electrons. The first-order valence-corrected chi connectivity index (χ1v) is 3.81. The van der Waals surface area contributed by atoms with Crippen LogP contribution in [0.1, 0.15) is 23.0 Å². The Kier molecular flexibility index (Phi) is 2.43. The quantitative estimate of drug-likeness (QED) is 0.675. The van der Waals surface area contributed by atoms with Crippen LogP contribution in [0.15, 0.2) is 12.1 Å². The standard InChI is InChI=1S/C9H12N2O/c1-6-4-5-8(7(2)12)11-9(6)10-3/h4-5H,1-3H3,(H,10,11). The van der Waals surface area contributed by atoms with Gasteiger partial charge in [0.15, 0.2) is 5.78 Å². The van der Waals surface area contributed by atoms with Crippen molar-refractivity contribution in [3.05, 3.63) is 23.4 Å². The van der Waals surface area contributed by atoms with E-state index in [4.69, 9.17) is 0 Å². The molecule has 1 aromatic heterocycles. The van der Waals surface area contributed by atoms with Crippen molar-refractivity contribution in [1.29, 1.82) is 0 Å². The van der Waals surface area contributed by atoms with Crippen molar-refractivity contribution in [3.8, 4) is 0 Å². The van der Waals surface area contributed by atoms with Gasteiger partial charge in [0.2, 0.25) is 0 Å². The number of nitrogens with zero attached hydrogens (tertiary/aromatic N) is 1. The molecule has 1 rings (SSSR count). The van der Waals surface area contributed by atoms with Gasteiger partial charge in [-0.15, -0.1) is 0 Å². The first-order chi connectivity index (χ1) is 5.65. The van der Waals surface area contributed by atoms with Crippen molar-refractivity contribution >= 4 is 11.6 Å². The molecule has 3 nitrogen and oxygen atoms in total. The highest BCUT2D eigenvalue weighted by Gasteiger charge is 2.03. The number of Topliss-reactive ketones (excluding diaryl/α,β-unsaturated/α-hetero) is 1. The lowest BCUT2D eigenvalue weighted by atomic mass is 10.2. The molecule has 0 aromatic carbocycles. The van der Waals surface area contributed by atoms with Gasteiger partial charge in [-0.1, -0.05) is 6.07 Å². The van der Waals surface area contributed by atoms with Crippen molar-refractivity contribution in [2.45, 2.75) is 13.8 Å². The minimum absolute atomic E-state index is 0.00787. The van der Waals surface area contributed by atoms with Gasteiger partial charge in [0.05, 0.1) is 0 Å². The van der Waals surface area contributed by atoms with Gasteiger partial charge in [-0.25, -0.2) is 4.98 Å².